The summed E-state index contributed by atoms with van der Waals surface area (Å²) in [5.74, 6) is -0.706. The van der Waals surface area contributed by atoms with Gasteiger partial charge in [0, 0.05) is 0 Å². The van der Waals surface area contributed by atoms with Crippen molar-refractivity contribution in [3.05, 3.63) is 0 Å². The van der Waals surface area contributed by atoms with Gasteiger partial charge in [-0.2, -0.15) is 0 Å². The SMILES string of the molecule is CC(C)(C)OC(=O)[B]O. The lowest BCUT2D eigenvalue weighted by Gasteiger charge is -2.18. The van der Waals surface area contributed by atoms with Crippen LogP contribution in [0.3, 0.4) is 0 Å². The molecule has 0 saturated heterocycles. The van der Waals surface area contributed by atoms with Gasteiger partial charge >= 0.3 is 7.48 Å². The molecule has 0 rings (SSSR count). The van der Waals surface area contributed by atoms with Gasteiger partial charge in [-0.1, -0.05) is 0 Å². The van der Waals surface area contributed by atoms with Crippen molar-refractivity contribution in [2.45, 2.75) is 26.4 Å². The van der Waals surface area contributed by atoms with Crippen molar-refractivity contribution in [2.75, 3.05) is 0 Å². The lowest BCUT2D eigenvalue weighted by Crippen LogP contribution is -2.25. The normalized spacial score (nSPS) is 10.7. The van der Waals surface area contributed by atoms with Crippen LogP contribution in [0.5, 0.6) is 0 Å². The molecule has 0 heterocycles. The zero-order chi connectivity index (χ0) is 7.49. The summed E-state index contributed by atoms with van der Waals surface area (Å²) >= 11 is 0. The highest BCUT2D eigenvalue weighted by molar-refractivity contribution is 6.65. The molecule has 0 amide bonds. The molecule has 0 aromatic heterocycles. The Kier molecular flexibility index (Phi) is 2.71. The zero-order valence-corrected chi connectivity index (χ0v) is 5.84. The van der Waals surface area contributed by atoms with Gasteiger partial charge in [0.25, 0.3) is 5.87 Å². The molecule has 0 aromatic carbocycles. The summed E-state index contributed by atoms with van der Waals surface area (Å²) in [5.41, 5.74) is -0.518. The monoisotopic (exact) mass is 129 g/mol. The molecule has 0 aliphatic rings. The van der Waals surface area contributed by atoms with Crippen LogP contribution in [0.15, 0.2) is 0 Å². The van der Waals surface area contributed by atoms with Crippen LogP contribution < -0.4 is 0 Å². The average Bonchev–Trinajstić information content (AvgIpc) is 1.62. The quantitative estimate of drug-likeness (QED) is 0.525. The van der Waals surface area contributed by atoms with Crippen molar-refractivity contribution >= 4 is 13.4 Å². The second-order valence-electron chi connectivity index (χ2n) is 2.66. The number of hydrogen-bond donors (Lipinski definition) is 1. The van der Waals surface area contributed by atoms with E-state index in [1.165, 1.54) is 0 Å². The van der Waals surface area contributed by atoms with E-state index in [9.17, 15) is 4.79 Å². The summed E-state index contributed by atoms with van der Waals surface area (Å²) in [5, 5.41) is 8.10. The molecular weight excluding hydrogens is 119 g/mol. The van der Waals surface area contributed by atoms with Crippen LogP contribution >= 0.6 is 0 Å². The largest absolute Gasteiger partial charge is 0.466 e. The summed E-state index contributed by atoms with van der Waals surface area (Å²) < 4.78 is 4.64. The fraction of sp³-hybridized carbons (Fsp3) is 0.800. The Morgan fingerprint density at radius 2 is 2.00 bits per heavy atom. The van der Waals surface area contributed by atoms with Gasteiger partial charge in [0.15, 0.2) is 0 Å². The molecule has 0 atom stereocenters. The maximum absolute atomic E-state index is 10.3. The third kappa shape index (κ3) is 5.36. The molecule has 0 aliphatic carbocycles. The van der Waals surface area contributed by atoms with Crippen LogP contribution in [0.1, 0.15) is 20.8 Å². The van der Waals surface area contributed by atoms with Gasteiger partial charge in [0.05, 0.1) is 0 Å². The van der Waals surface area contributed by atoms with Gasteiger partial charge in [0.1, 0.15) is 5.60 Å². The van der Waals surface area contributed by atoms with Crippen LogP contribution in [-0.4, -0.2) is 24.0 Å². The molecule has 4 heteroatoms. The molecule has 0 unspecified atom stereocenters. The van der Waals surface area contributed by atoms with Gasteiger partial charge in [-0.25, -0.2) is 0 Å². The van der Waals surface area contributed by atoms with Gasteiger partial charge in [-0.15, -0.1) is 0 Å². The summed E-state index contributed by atoms with van der Waals surface area (Å²) in [6, 6.07) is 0. The van der Waals surface area contributed by atoms with Gasteiger partial charge in [0.2, 0.25) is 0 Å². The molecular formula is C5H10BO3. The zero-order valence-electron chi connectivity index (χ0n) is 5.84. The standard InChI is InChI=1S/C5H10BO3/c1-5(2,3)9-4(7)6-8/h8H,1-3H3. The Labute approximate surface area is 55.3 Å². The Bertz CT molecular complexity index is 105. The van der Waals surface area contributed by atoms with Crippen molar-refractivity contribution in [1.82, 2.24) is 0 Å². The molecule has 0 spiro atoms. The third-order valence-corrected chi connectivity index (χ3v) is 0.512. The van der Waals surface area contributed by atoms with Crippen molar-refractivity contribution in [3.8, 4) is 0 Å². The number of hydrogen-bond acceptors (Lipinski definition) is 3. The highest BCUT2D eigenvalue weighted by atomic mass is 16.6. The van der Waals surface area contributed by atoms with Gasteiger partial charge in [-0.05, 0) is 20.8 Å². The van der Waals surface area contributed by atoms with Crippen molar-refractivity contribution in [3.63, 3.8) is 0 Å². The highest BCUT2D eigenvalue weighted by Gasteiger charge is 2.15. The molecule has 0 aliphatic heterocycles. The van der Waals surface area contributed by atoms with E-state index in [0.717, 1.165) is 0 Å². The molecule has 0 aromatic rings. The molecule has 0 saturated carbocycles. The molecule has 51 valence electrons. The first kappa shape index (κ1) is 8.49. The van der Waals surface area contributed by atoms with Crippen LogP contribution in [0.25, 0.3) is 0 Å². The number of ether oxygens (including phenoxy) is 1. The maximum atomic E-state index is 10.3. The maximum Gasteiger partial charge on any atom is 0.433 e. The predicted molar refractivity (Wildman–Crippen MR) is 34.2 cm³/mol. The summed E-state index contributed by atoms with van der Waals surface area (Å²) in [4.78, 5) is 10.3. The average molecular weight is 129 g/mol. The first-order valence-corrected chi connectivity index (χ1v) is 2.66. The smallest absolute Gasteiger partial charge is 0.433 e. The van der Waals surface area contributed by atoms with Crippen molar-refractivity contribution in [1.29, 1.82) is 0 Å². The minimum Gasteiger partial charge on any atom is -0.466 e. The van der Waals surface area contributed by atoms with E-state index >= 15 is 0 Å². The minimum absolute atomic E-state index is 0.408. The Morgan fingerprint density at radius 3 is 2.11 bits per heavy atom. The highest BCUT2D eigenvalue weighted by Crippen LogP contribution is 2.06. The van der Waals surface area contributed by atoms with Crippen molar-refractivity contribution < 1.29 is 14.6 Å². The van der Waals surface area contributed by atoms with Crippen LogP contribution in [0.4, 0.5) is 4.79 Å². The molecule has 1 N–H and O–H groups in total. The van der Waals surface area contributed by atoms with Crippen LogP contribution in [0.2, 0.25) is 0 Å². The van der Waals surface area contributed by atoms with Gasteiger partial charge in [-0.3, -0.25) is 4.79 Å². The lowest BCUT2D eigenvalue weighted by atomic mass is 10.0. The fourth-order valence-electron chi connectivity index (χ4n) is 0.328. The summed E-state index contributed by atoms with van der Waals surface area (Å²) in [6.45, 7) is 5.19. The molecule has 0 fully saturated rings. The molecule has 1 radical (unpaired) electrons. The Hall–Kier alpha value is -0.505. The van der Waals surface area contributed by atoms with Crippen LogP contribution in [0, 0.1) is 0 Å². The minimum atomic E-state index is -0.706. The van der Waals surface area contributed by atoms with E-state index in [1.54, 1.807) is 20.8 Å². The molecule has 9 heavy (non-hydrogen) atoms. The first-order valence-electron chi connectivity index (χ1n) is 2.66. The molecule has 0 bridgehead atoms. The van der Waals surface area contributed by atoms with E-state index in [-0.39, 0.29) is 0 Å². The van der Waals surface area contributed by atoms with E-state index < -0.39 is 11.5 Å². The topological polar surface area (TPSA) is 46.5 Å². The number of rotatable bonds is 1. The second kappa shape index (κ2) is 2.87. The second-order valence-corrected chi connectivity index (χ2v) is 2.66. The van der Waals surface area contributed by atoms with Crippen LogP contribution in [-0.2, 0) is 4.74 Å². The van der Waals surface area contributed by atoms with E-state index in [4.69, 9.17) is 5.02 Å². The Morgan fingerprint density at radius 1 is 1.56 bits per heavy atom. The lowest BCUT2D eigenvalue weighted by molar-refractivity contribution is 0.0700. The van der Waals surface area contributed by atoms with Crippen molar-refractivity contribution in [2.24, 2.45) is 0 Å². The summed E-state index contributed by atoms with van der Waals surface area (Å²) in [6.07, 6.45) is 0. The number of carbonyl (C=O) groups is 1. The molecule has 3 nitrogen and oxygen atoms in total. The number of carbonyl (C=O) groups excluding carboxylic acids is 1. The third-order valence-electron chi connectivity index (χ3n) is 0.512. The summed E-state index contributed by atoms with van der Waals surface area (Å²) in [7, 11) is 0.408. The predicted octanol–water partition coefficient (Wildman–Crippen LogP) is 0.533. The Balaban J connectivity index is 3.60. The van der Waals surface area contributed by atoms with E-state index in [2.05, 4.69) is 4.74 Å². The van der Waals surface area contributed by atoms with Gasteiger partial charge < -0.3 is 9.76 Å². The fourth-order valence-corrected chi connectivity index (χ4v) is 0.328. The first-order chi connectivity index (χ1) is 3.95. The van der Waals surface area contributed by atoms with E-state index in [1.807, 2.05) is 0 Å². The van der Waals surface area contributed by atoms with E-state index in [0.29, 0.717) is 7.48 Å².